The number of nitrogens with zero attached hydrogens (tertiary/aromatic N) is 3. The van der Waals surface area contributed by atoms with Gasteiger partial charge in [0.2, 0.25) is 0 Å². The Kier molecular flexibility index (Phi) is 5.48. The van der Waals surface area contributed by atoms with Gasteiger partial charge in [-0.3, -0.25) is 4.99 Å². The number of ether oxygens (including phenoxy) is 1. The van der Waals surface area contributed by atoms with E-state index in [0.29, 0.717) is 12.5 Å². The summed E-state index contributed by atoms with van der Waals surface area (Å²) in [5, 5.41) is 7.46. The number of benzene rings is 1. The largest absolute Gasteiger partial charge is 0.381 e. The van der Waals surface area contributed by atoms with Crippen molar-refractivity contribution in [2.45, 2.75) is 13.0 Å². The van der Waals surface area contributed by atoms with Crippen molar-refractivity contribution < 1.29 is 9.26 Å². The molecule has 1 aliphatic rings. The predicted molar refractivity (Wildman–Crippen MR) is 93.7 cm³/mol. The third-order valence-corrected chi connectivity index (χ3v) is 4.18. The van der Waals surface area contributed by atoms with Crippen LogP contribution in [0, 0.1) is 5.92 Å². The van der Waals surface area contributed by atoms with Gasteiger partial charge in [-0.25, -0.2) is 0 Å². The molecule has 1 aliphatic heterocycles. The van der Waals surface area contributed by atoms with E-state index < -0.39 is 0 Å². The van der Waals surface area contributed by atoms with Crippen LogP contribution in [0.3, 0.4) is 0 Å². The van der Waals surface area contributed by atoms with Gasteiger partial charge in [0.05, 0.1) is 13.2 Å². The molecule has 1 aromatic carbocycles. The molecule has 0 radical (unpaired) electrons. The fourth-order valence-corrected chi connectivity index (χ4v) is 2.89. The monoisotopic (exact) mass is 328 g/mol. The molecule has 3 rings (SSSR count). The minimum absolute atomic E-state index is 0.554. The van der Waals surface area contributed by atoms with E-state index in [1.54, 1.807) is 7.05 Å². The van der Waals surface area contributed by atoms with Crippen molar-refractivity contribution >= 4 is 5.96 Å². The van der Waals surface area contributed by atoms with Crippen LogP contribution >= 0.6 is 0 Å². The Morgan fingerprint density at radius 3 is 2.92 bits per heavy atom. The van der Waals surface area contributed by atoms with Crippen LogP contribution in [0.2, 0.25) is 0 Å². The molecule has 2 aromatic rings. The Bertz CT molecular complexity index is 663. The smallest absolute Gasteiger partial charge is 0.193 e. The lowest BCUT2D eigenvalue weighted by atomic mass is 10.1. The number of aromatic nitrogens is 1. The van der Waals surface area contributed by atoms with E-state index in [4.69, 9.17) is 9.26 Å². The van der Waals surface area contributed by atoms with E-state index in [0.717, 1.165) is 49.2 Å². The Morgan fingerprint density at radius 2 is 2.21 bits per heavy atom. The van der Waals surface area contributed by atoms with Crippen molar-refractivity contribution in [2.75, 3.05) is 33.9 Å². The topological polar surface area (TPSA) is 62.9 Å². The van der Waals surface area contributed by atoms with Crippen molar-refractivity contribution in [3.8, 4) is 11.3 Å². The molecular weight excluding hydrogens is 304 g/mol. The second-order valence-corrected chi connectivity index (χ2v) is 6.06. The molecule has 0 bridgehead atoms. The van der Waals surface area contributed by atoms with Crippen LogP contribution in [-0.2, 0) is 11.3 Å². The first kappa shape index (κ1) is 16.5. The molecule has 1 N–H and O–H groups in total. The highest BCUT2D eigenvalue weighted by Crippen LogP contribution is 2.18. The molecule has 1 saturated heterocycles. The maximum absolute atomic E-state index is 5.44. The maximum Gasteiger partial charge on any atom is 0.193 e. The lowest BCUT2D eigenvalue weighted by Gasteiger charge is -2.24. The molecule has 0 saturated carbocycles. The Labute approximate surface area is 142 Å². The lowest BCUT2D eigenvalue weighted by molar-refractivity contribution is 0.181. The second kappa shape index (κ2) is 7.97. The van der Waals surface area contributed by atoms with Crippen LogP contribution in [0.4, 0.5) is 0 Å². The minimum Gasteiger partial charge on any atom is -0.381 e. The van der Waals surface area contributed by atoms with Crippen molar-refractivity contribution in [3.63, 3.8) is 0 Å². The van der Waals surface area contributed by atoms with Gasteiger partial charge in [-0.05, 0) is 6.42 Å². The molecule has 2 heterocycles. The third-order valence-electron chi connectivity index (χ3n) is 4.18. The van der Waals surface area contributed by atoms with Gasteiger partial charge < -0.3 is 19.5 Å². The zero-order chi connectivity index (χ0) is 16.8. The molecule has 1 unspecified atom stereocenters. The first-order chi connectivity index (χ1) is 11.8. The normalized spacial score (nSPS) is 17.9. The second-order valence-electron chi connectivity index (χ2n) is 6.06. The van der Waals surface area contributed by atoms with Crippen LogP contribution in [0.15, 0.2) is 45.9 Å². The molecule has 1 aromatic heterocycles. The average Bonchev–Trinajstić information content (AvgIpc) is 3.28. The summed E-state index contributed by atoms with van der Waals surface area (Å²) in [5.41, 5.74) is 1.90. The Morgan fingerprint density at radius 1 is 1.38 bits per heavy atom. The first-order valence-electron chi connectivity index (χ1n) is 8.27. The Hall–Kier alpha value is -2.34. The fraction of sp³-hybridized carbons (Fsp3) is 0.444. The zero-order valence-electron chi connectivity index (χ0n) is 14.2. The molecule has 0 aliphatic carbocycles. The van der Waals surface area contributed by atoms with Crippen LogP contribution < -0.4 is 5.32 Å². The summed E-state index contributed by atoms with van der Waals surface area (Å²) in [7, 11) is 3.84. The van der Waals surface area contributed by atoms with Gasteiger partial charge in [0.15, 0.2) is 11.7 Å². The van der Waals surface area contributed by atoms with Gasteiger partial charge in [-0.1, -0.05) is 35.5 Å². The number of hydrogen-bond acceptors (Lipinski definition) is 4. The van der Waals surface area contributed by atoms with Gasteiger partial charge in [-0.15, -0.1) is 0 Å². The zero-order valence-corrected chi connectivity index (χ0v) is 14.2. The number of guanidine groups is 1. The molecule has 1 fully saturated rings. The highest BCUT2D eigenvalue weighted by Gasteiger charge is 2.19. The van der Waals surface area contributed by atoms with E-state index in [-0.39, 0.29) is 0 Å². The van der Waals surface area contributed by atoms with Gasteiger partial charge in [0, 0.05) is 44.8 Å². The van der Waals surface area contributed by atoms with E-state index in [9.17, 15) is 0 Å². The number of aliphatic imine (C=N–C) groups is 1. The van der Waals surface area contributed by atoms with Gasteiger partial charge in [-0.2, -0.15) is 0 Å². The summed E-state index contributed by atoms with van der Waals surface area (Å²) >= 11 is 0. The van der Waals surface area contributed by atoms with Crippen LogP contribution in [0.25, 0.3) is 11.3 Å². The summed E-state index contributed by atoms with van der Waals surface area (Å²) < 4.78 is 10.9. The molecule has 0 spiro atoms. The molecule has 24 heavy (non-hydrogen) atoms. The van der Waals surface area contributed by atoms with Crippen molar-refractivity contribution in [2.24, 2.45) is 10.9 Å². The molecule has 6 nitrogen and oxygen atoms in total. The van der Waals surface area contributed by atoms with Crippen molar-refractivity contribution in [1.29, 1.82) is 0 Å². The number of hydrogen-bond donors (Lipinski definition) is 1. The van der Waals surface area contributed by atoms with E-state index in [1.807, 2.05) is 43.4 Å². The third kappa shape index (κ3) is 4.14. The van der Waals surface area contributed by atoms with Crippen LogP contribution in [-0.4, -0.2) is 49.9 Å². The quantitative estimate of drug-likeness (QED) is 0.674. The van der Waals surface area contributed by atoms with Crippen molar-refractivity contribution in [1.82, 2.24) is 15.4 Å². The van der Waals surface area contributed by atoms with Crippen LogP contribution in [0.1, 0.15) is 12.2 Å². The van der Waals surface area contributed by atoms with Gasteiger partial charge in [0.25, 0.3) is 0 Å². The lowest BCUT2D eigenvalue weighted by Crippen LogP contribution is -2.41. The van der Waals surface area contributed by atoms with Crippen LogP contribution in [0.5, 0.6) is 0 Å². The summed E-state index contributed by atoms with van der Waals surface area (Å²) in [4.78, 5) is 6.47. The molecule has 1 atom stereocenters. The van der Waals surface area contributed by atoms with E-state index >= 15 is 0 Å². The number of rotatable bonds is 5. The van der Waals surface area contributed by atoms with E-state index in [2.05, 4.69) is 20.4 Å². The molecule has 6 heteroatoms. The first-order valence-corrected chi connectivity index (χ1v) is 8.27. The Balaban J connectivity index is 1.55. The summed E-state index contributed by atoms with van der Waals surface area (Å²) in [5.74, 6) is 2.20. The van der Waals surface area contributed by atoms with Crippen molar-refractivity contribution in [3.05, 3.63) is 42.2 Å². The van der Waals surface area contributed by atoms with E-state index in [1.165, 1.54) is 0 Å². The number of nitrogens with one attached hydrogen (secondary N) is 1. The fourth-order valence-electron chi connectivity index (χ4n) is 2.89. The SMILES string of the molecule is CN=C(NCc1cc(-c2ccccc2)no1)N(C)CC1CCOC1. The summed E-state index contributed by atoms with van der Waals surface area (Å²) in [6.45, 7) is 3.19. The summed E-state index contributed by atoms with van der Waals surface area (Å²) in [6.07, 6.45) is 1.11. The molecule has 0 amide bonds. The minimum atomic E-state index is 0.554. The van der Waals surface area contributed by atoms with Gasteiger partial charge >= 0.3 is 0 Å². The standard InChI is InChI=1S/C18H24N4O2/c1-19-18(22(2)12-14-8-9-23-13-14)20-11-16-10-17(21-24-16)15-6-4-3-5-7-15/h3-7,10,14H,8-9,11-13H2,1-2H3,(H,19,20). The average molecular weight is 328 g/mol. The van der Waals surface area contributed by atoms with Gasteiger partial charge in [0.1, 0.15) is 5.69 Å². The predicted octanol–water partition coefficient (Wildman–Crippen LogP) is 2.39. The molecular formula is C18H24N4O2. The molecule has 128 valence electrons. The highest BCUT2D eigenvalue weighted by atomic mass is 16.5. The highest BCUT2D eigenvalue weighted by molar-refractivity contribution is 5.79. The maximum atomic E-state index is 5.44. The summed E-state index contributed by atoms with van der Waals surface area (Å²) in [6, 6.07) is 12.0.